The second kappa shape index (κ2) is 9.71. The highest BCUT2D eigenvalue weighted by molar-refractivity contribution is 5.84. The molecule has 3 aromatic rings. The summed E-state index contributed by atoms with van der Waals surface area (Å²) in [4.78, 5) is 39.1. The number of carbonyl (C=O) groups is 2. The molecule has 5 atom stereocenters. The number of aromatic nitrogens is 4. The molecular weight excluding hydrogens is 442 g/mol. The molecule has 1 amide bonds. The van der Waals surface area contributed by atoms with Crippen LogP contribution in [0.2, 0.25) is 0 Å². The lowest BCUT2D eigenvalue weighted by atomic mass is 10.0. The molecule has 1 aliphatic rings. The van der Waals surface area contributed by atoms with Crippen molar-refractivity contribution in [1.82, 2.24) is 24.8 Å². The number of hydrogen-bond acceptors (Lipinski definition) is 10. The van der Waals surface area contributed by atoms with Crippen molar-refractivity contribution in [1.29, 1.82) is 0 Å². The van der Waals surface area contributed by atoms with Crippen LogP contribution in [0.1, 0.15) is 11.8 Å². The van der Waals surface area contributed by atoms with Crippen LogP contribution in [0.3, 0.4) is 0 Å². The van der Waals surface area contributed by atoms with E-state index in [4.69, 9.17) is 15.2 Å². The predicted octanol–water partition coefficient (Wildman–Crippen LogP) is -0.587. The number of hydrogen-bond donors (Lipinski definition) is 3. The summed E-state index contributed by atoms with van der Waals surface area (Å²) in [6, 6.07) is 5.31. The molecule has 1 fully saturated rings. The monoisotopic (exact) mass is 469 g/mol. The molecule has 12 nitrogen and oxygen atoms in total. The van der Waals surface area contributed by atoms with E-state index in [1.807, 2.05) is 26.2 Å². The van der Waals surface area contributed by atoms with Crippen LogP contribution >= 0.6 is 0 Å². The summed E-state index contributed by atoms with van der Waals surface area (Å²) >= 11 is 0. The average molecular weight is 470 g/mol. The first kappa shape index (κ1) is 23.5. The highest BCUT2D eigenvalue weighted by Gasteiger charge is 2.46. The number of aliphatic hydroxyl groups is 1. The Hall–Kier alpha value is -3.61. The third-order valence-electron chi connectivity index (χ3n) is 5.74. The number of methoxy groups -OCH3 is 1. The highest BCUT2D eigenvalue weighted by Crippen LogP contribution is 2.32. The van der Waals surface area contributed by atoms with Crippen molar-refractivity contribution in [3.8, 4) is 5.75 Å². The average Bonchev–Trinajstić information content (AvgIpc) is 3.40. The summed E-state index contributed by atoms with van der Waals surface area (Å²) in [6.45, 7) is 0. The van der Waals surface area contributed by atoms with Crippen LogP contribution in [0.5, 0.6) is 5.75 Å². The van der Waals surface area contributed by atoms with Gasteiger partial charge in [0.1, 0.15) is 24.3 Å². The molecule has 0 unspecified atom stereocenters. The molecular formula is C22H27N7O5. The molecule has 0 spiro atoms. The van der Waals surface area contributed by atoms with Gasteiger partial charge in [-0.1, -0.05) is 12.1 Å². The Morgan fingerprint density at radius 1 is 1.32 bits per heavy atom. The smallest absolute Gasteiger partial charge is 0.237 e. The van der Waals surface area contributed by atoms with Crippen molar-refractivity contribution in [2.24, 2.45) is 5.73 Å². The molecule has 0 radical (unpaired) electrons. The van der Waals surface area contributed by atoms with Gasteiger partial charge in [0, 0.05) is 14.1 Å². The topological polar surface area (TPSA) is 158 Å². The summed E-state index contributed by atoms with van der Waals surface area (Å²) in [5.74, 6) is 0.782. The molecule has 0 bridgehead atoms. The van der Waals surface area contributed by atoms with E-state index in [1.165, 1.54) is 17.2 Å². The minimum absolute atomic E-state index is 0.269. The molecule has 1 aromatic carbocycles. The molecule has 2 aromatic heterocycles. The number of amides is 1. The number of nitrogens with zero attached hydrogens (tertiary/aromatic N) is 5. The van der Waals surface area contributed by atoms with Crippen molar-refractivity contribution >= 4 is 29.2 Å². The first-order chi connectivity index (χ1) is 16.3. The first-order valence-electron chi connectivity index (χ1n) is 10.7. The van der Waals surface area contributed by atoms with Crippen LogP contribution in [-0.2, 0) is 20.7 Å². The Labute approximate surface area is 195 Å². The Kier molecular flexibility index (Phi) is 6.72. The molecule has 0 aliphatic carbocycles. The van der Waals surface area contributed by atoms with E-state index >= 15 is 0 Å². The number of carbonyl (C=O) groups excluding carboxylic acids is 2. The number of aliphatic hydroxyl groups excluding tert-OH is 1. The van der Waals surface area contributed by atoms with E-state index in [9.17, 15) is 14.7 Å². The number of aldehydes is 1. The maximum Gasteiger partial charge on any atom is 0.237 e. The molecule has 4 N–H and O–H groups in total. The summed E-state index contributed by atoms with van der Waals surface area (Å²) in [7, 11) is 5.22. The quantitative estimate of drug-likeness (QED) is 0.364. The molecule has 180 valence electrons. The fourth-order valence-electron chi connectivity index (χ4n) is 3.94. The van der Waals surface area contributed by atoms with E-state index in [-0.39, 0.29) is 6.42 Å². The Morgan fingerprint density at radius 2 is 2.06 bits per heavy atom. The zero-order valence-electron chi connectivity index (χ0n) is 19.0. The Balaban J connectivity index is 1.50. The Morgan fingerprint density at radius 3 is 2.71 bits per heavy atom. The molecule has 34 heavy (non-hydrogen) atoms. The Bertz CT molecular complexity index is 1170. The van der Waals surface area contributed by atoms with Crippen LogP contribution in [0.4, 0.5) is 5.82 Å². The van der Waals surface area contributed by atoms with Crippen LogP contribution in [0.25, 0.3) is 11.2 Å². The number of fused-ring (bicyclic) bond motifs is 1. The SMILES string of the molecule is COc1ccc(C[C@H](N)C(=O)N[C@H]2[C@@H](O)[C@H](n3cnc4c(N(C)C)ncnc43)O[C@@H]2C=O)cc1. The lowest BCUT2D eigenvalue weighted by Crippen LogP contribution is -2.53. The number of nitrogens with one attached hydrogen (secondary N) is 1. The van der Waals surface area contributed by atoms with Gasteiger partial charge in [0.05, 0.1) is 25.5 Å². The molecule has 1 aliphatic heterocycles. The molecule has 4 rings (SSSR count). The fraction of sp³-hybridized carbons (Fsp3) is 0.409. The van der Waals surface area contributed by atoms with Crippen LogP contribution < -0.4 is 20.7 Å². The minimum atomic E-state index is -1.25. The molecule has 3 heterocycles. The van der Waals surface area contributed by atoms with Gasteiger partial charge in [0.15, 0.2) is 29.5 Å². The number of nitrogens with two attached hydrogens (primary N) is 1. The van der Waals surface area contributed by atoms with E-state index in [2.05, 4.69) is 20.3 Å². The zero-order valence-corrected chi connectivity index (χ0v) is 19.0. The standard InChI is InChI=1S/C22H27N7O5/c1-28(2)19-17-20(25-10-24-19)29(11-26-17)22-18(31)16(15(9-30)34-22)27-21(32)14(23)8-12-4-6-13(33-3)7-5-12/h4-7,9-11,14-16,18,22,31H,8,23H2,1-3H3,(H,27,32)/t14-,15+,16+,18+,22+/m0/s1. The third-order valence-corrected chi connectivity index (χ3v) is 5.74. The summed E-state index contributed by atoms with van der Waals surface area (Å²) in [6.07, 6.45) is 0.335. The van der Waals surface area contributed by atoms with Gasteiger partial charge in [-0.05, 0) is 24.1 Å². The highest BCUT2D eigenvalue weighted by atomic mass is 16.5. The normalized spacial score (nSPS) is 23.0. The fourth-order valence-corrected chi connectivity index (χ4v) is 3.94. The van der Waals surface area contributed by atoms with E-state index in [0.717, 1.165) is 5.56 Å². The molecule has 12 heteroatoms. The van der Waals surface area contributed by atoms with Gasteiger partial charge in [-0.15, -0.1) is 0 Å². The number of benzene rings is 1. The van der Waals surface area contributed by atoms with Crippen molar-refractivity contribution in [2.75, 3.05) is 26.1 Å². The van der Waals surface area contributed by atoms with E-state index in [1.54, 1.807) is 24.1 Å². The largest absolute Gasteiger partial charge is 0.497 e. The lowest BCUT2D eigenvalue weighted by molar-refractivity contribution is -0.125. The van der Waals surface area contributed by atoms with Gasteiger partial charge in [0.25, 0.3) is 0 Å². The van der Waals surface area contributed by atoms with Crippen LogP contribution in [-0.4, -0.2) is 82.3 Å². The maximum atomic E-state index is 12.8. The van der Waals surface area contributed by atoms with Crippen LogP contribution in [0, 0.1) is 0 Å². The van der Waals surface area contributed by atoms with Gasteiger partial charge in [-0.25, -0.2) is 15.0 Å². The van der Waals surface area contributed by atoms with Gasteiger partial charge < -0.3 is 35.3 Å². The van der Waals surface area contributed by atoms with Crippen molar-refractivity contribution in [3.63, 3.8) is 0 Å². The number of ether oxygens (including phenoxy) is 2. The van der Waals surface area contributed by atoms with E-state index in [0.29, 0.717) is 29.0 Å². The summed E-state index contributed by atoms with van der Waals surface area (Å²) in [5.41, 5.74) is 7.87. The van der Waals surface area contributed by atoms with Crippen molar-refractivity contribution < 1.29 is 24.2 Å². The zero-order chi connectivity index (χ0) is 24.4. The van der Waals surface area contributed by atoms with Gasteiger partial charge in [-0.2, -0.15) is 0 Å². The third kappa shape index (κ3) is 4.42. The second-order valence-electron chi connectivity index (χ2n) is 8.23. The number of imidazole rings is 1. The van der Waals surface area contributed by atoms with Gasteiger partial charge in [0.2, 0.25) is 5.91 Å². The number of anilines is 1. The predicted molar refractivity (Wildman–Crippen MR) is 122 cm³/mol. The van der Waals surface area contributed by atoms with Crippen molar-refractivity contribution in [2.45, 2.75) is 36.9 Å². The summed E-state index contributed by atoms with van der Waals surface area (Å²) < 4.78 is 12.4. The molecule has 1 saturated heterocycles. The first-order valence-corrected chi connectivity index (χ1v) is 10.7. The van der Waals surface area contributed by atoms with Crippen molar-refractivity contribution in [3.05, 3.63) is 42.5 Å². The van der Waals surface area contributed by atoms with Gasteiger partial charge in [-0.3, -0.25) is 9.36 Å². The number of rotatable bonds is 8. The van der Waals surface area contributed by atoms with Crippen LogP contribution in [0.15, 0.2) is 36.9 Å². The minimum Gasteiger partial charge on any atom is -0.497 e. The van der Waals surface area contributed by atoms with Gasteiger partial charge >= 0.3 is 0 Å². The molecule has 0 saturated carbocycles. The summed E-state index contributed by atoms with van der Waals surface area (Å²) in [5, 5.41) is 13.7. The second-order valence-corrected chi connectivity index (χ2v) is 8.23. The van der Waals surface area contributed by atoms with E-state index < -0.39 is 36.4 Å². The maximum absolute atomic E-state index is 12.8. The lowest BCUT2D eigenvalue weighted by Gasteiger charge is -2.22.